The summed E-state index contributed by atoms with van der Waals surface area (Å²) in [5.74, 6) is 2.26. The van der Waals surface area contributed by atoms with Gasteiger partial charge in [-0.2, -0.15) is 4.68 Å². The molecule has 3 aromatic carbocycles. The van der Waals surface area contributed by atoms with Crippen LogP contribution in [0.5, 0.6) is 23.3 Å². The Labute approximate surface area is 185 Å². The lowest BCUT2D eigenvalue weighted by atomic mass is 10.2. The van der Waals surface area contributed by atoms with Crippen LogP contribution in [0.4, 0.5) is 0 Å². The Hall–Kier alpha value is -3.62. The van der Waals surface area contributed by atoms with Crippen molar-refractivity contribution in [2.75, 3.05) is 6.79 Å². The van der Waals surface area contributed by atoms with Crippen molar-refractivity contribution in [3.63, 3.8) is 0 Å². The van der Waals surface area contributed by atoms with Gasteiger partial charge >= 0.3 is 6.01 Å². The second-order valence-corrected chi connectivity index (χ2v) is 6.75. The molecule has 9 heteroatoms. The Kier molecular flexibility index (Phi) is 6.30. The fourth-order valence-electron chi connectivity index (χ4n) is 3.20. The van der Waals surface area contributed by atoms with Crippen molar-refractivity contribution < 1.29 is 26.6 Å². The molecule has 1 aliphatic rings. The molecule has 0 aliphatic carbocycles. The minimum Gasteiger partial charge on any atom is -1.00 e. The number of ether oxygens (including phenoxy) is 3. The minimum absolute atomic E-state index is 0. The third-order valence-electron chi connectivity index (χ3n) is 4.64. The van der Waals surface area contributed by atoms with Gasteiger partial charge in [-0.3, -0.25) is 0 Å². The van der Waals surface area contributed by atoms with Crippen molar-refractivity contribution in [3.8, 4) is 28.9 Å². The maximum absolute atomic E-state index is 5.93. The van der Waals surface area contributed by atoms with Gasteiger partial charge in [0.2, 0.25) is 6.79 Å². The summed E-state index contributed by atoms with van der Waals surface area (Å²) in [6, 6.07) is 23.7. The molecule has 31 heavy (non-hydrogen) atoms. The third kappa shape index (κ3) is 4.76. The molecule has 1 N–H and O–H groups in total. The van der Waals surface area contributed by atoms with Gasteiger partial charge in [0.15, 0.2) is 11.5 Å². The van der Waals surface area contributed by atoms with Crippen LogP contribution < -0.4 is 31.9 Å². The van der Waals surface area contributed by atoms with E-state index >= 15 is 0 Å². The molecule has 1 aromatic heterocycles. The maximum Gasteiger partial charge on any atom is 0.345 e. The topological polar surface area (TPSA) is 83.3 Å². The van der Waals surface area contributed by atoms with E-state index in [1.54, 1.807) is 4.68 Å². The van der Waals surface area contributed by atoms with E-state index in [1.807, 2.05) is 72.8 Å². The van der Waals surface area contributed by atoms with Crippen LogP contribution in [0.2, 0.25) is 0 Å². The molecule has 0 amide bonds. The van der Waals surface area contributed by atoms with E-state index in [1.165, 1.54) is 0 Å². The molecular weight excluding hydrogens is 418 g/mol. The SMILES string of the molecule is [Cl-].c1ccc(-n2nnnc2Oc2cccc(CNCc3ccc4c(c3)OCO4)c2)cc1. The molecule has 2 heterocycles. The van der Waals surface area contributed by atoms with Crippen molar-refractivity contribution in [2.45, 2.75) is 13.1 Å². The van der Waals surface area contributed by atoms with Gasteiger partial charge in [-0.1, -0.05) is 41.5 Å². The number of nitrogens with one attached hydrogen (secondary N) is 1. The quantitative estimate of drug-likeness (QED) is 0.451. The van der Waals surface area contributed by atoms with Crippen LogP contribution in [0.3, 0.4) is 0 Å². The highest BCUT2D eigenvalue weighted by molar-refractivity contribution is 5.44. The van der Waals surface area contributed by atoms with Crippen LogP contribution >= 0.6 is 0 Å². The molecule has 4 aromatic rings. The van der Waals surface area contributed by atoms with Crippen molar-refractivity contribution in [1.29, 1.82) is 0 Å². The summed E-state index contributed by atoms with van der Waals surface area (Å²) in [6.45, 7) is 1.69. The highest BCUT2D eigenvalue weighted by atomic mass is 35.5. The summed E-state index contributed by atoms with van der Waals surface area (Å²) >= 11 is 0. The number of nitrogens with zero attached hydrogens (tertiary/aromatic N) is 4. The maximum atomic E-state index is 5.93. The predicted octanol–water partition coefficient (Wildman–Crippen LogP) is 0.477. The molecule has 0 spiro atoms. The lowest BCUT2D eigenvalue weighted by molar-refractivity contribution is -0.00000834. The zero-order valence-electron chi connectivity index (χ0n) is 16.4. The molecule has 0 radical (unpaired) electrons. The first-order chi connectivity index (χ1) is 14.8. The number of benzene rings is 3. The van der Waals surface area contributed by atoms with Gasteiger partial charge in [-0.25, -0.2) is 0 Å². The monoisotopic (exact) mass is 436 g/mol. The fourth-order valence-corrected chi connectivity index (χ4v) is 3.20. The average Bonchev–Trinajstić information content (AvgIpc) is 3.44. The minimum atomic E-state index is 0. The molecule has 0 unspecified atom stereocenters. The molecule has 0 saturated carbocycles. The van der Waals surface area contributed by atoms with Crippen molar-refractivity contribution in [2.24, 2.45) is 0 Å². The average molecular weight is 437 g/mol. The number of hydrogen-bond donors (Lipinski definition) is 1. The van der Waals surface area contributed by atoms with Crippen LogP contribution in [0.25, 0.3) is 5.69 Å². The molecule has 1 aliphatic heterocycles. The zero-order valence-corrected chi connectivity index (χ0v) is 17.2. The van der Waals surface area contributed by atoms with Crippen LogP contribution in [-0.4, -0.2) is 27.0 Å². The number of hydrogen-bond acceptors (Lipinski definition) is 7. The lowest BCUT2D eigenvalue weighted by Gasteiger charge is -2.09. The molecule has 0 bridgehead atoms. The van der Waals surface area contributed by atoms with Gasteiger partial charge in [-0.15, -0.1) is 0 Å². The first-order valence-electron chi connectivity index (χ1n) is 9.55. The number of halogens is 1. The summed E-state index contributed by atoms with van der Waals surface area (Å²) in [6.07, 6.45) is 0. The van der Waals surface area contributed by atoms with Crippen molar-refractivity contribution in [3.05, 3.63) is 83.9 Å². The molecule has 158 valence electrons. The summed E-state index contributed by atoms with van der Waals surface area (Å²) < 4.78 is 18.3. The second kappa shape index (κ2) is 9.46. The van der Waals surface area contributed by atoms with Crippen LogP contribution in [0.15, 0.2) is 72.8 Å². The van der Waals surface area contributed by atoms with E-state index in [0.717, 1.165) is 28.3 Å². The third-order valence-corrected chi connectivity index (χ3v) is 4.64. The number of tetrazole rings is 1. The first-order valence-corrected chi connectivity index (χ1v) is 9.55. The first kappa shape index (κ1) is 20.6. The summed E-state index contributed by atoms with van der Waals surface area (Å²) in [4.78, 5) is 0. The molecule has 0 saturated heterocycles. The highest BCUT2D eigenvalue weighted by Gasteiger charge is 2.13. The molecule has 0 fully saturated rings. The van der Waals surface area contributed by atoms with E-state index in [9.17, 15) is 0 Å². The van der Waals surface area contributed by atoms with Crippen LogP contribution in [0, 0.1) is 0 Å². The summed E-state index contributed by atoms with van der Waals surface area (Å²) in [5, 5.41) is 15.2. The highest BCUT2D eigenvalue weighted by Crippen LogP contribution is 2.32. The van der Waals surface area contributed by atoms with Crippen LogP contribution in [-0.2, 0) is 13.1 Å². The lowest BCUT2D eigenvalue weighted by Crippen LogP contribution is -3.00. The van der Waals surface area contributed by atoms with Gasteiger partial charge in [0, 0.05) is 13.1 Å². The van der Waals surface area contributed by atoms with Gasteiger partial charge < -0.3 is 31.9 Å². The smallest absolute Gasteiger partial charge is 0.345 e. The Balaban J connectivity index is 0.00000231. The van der Waals surface area contributed by atoms with Gasteiger partial charge in [0.25, 0.3) is 0 Å². The van der Waals surface area contributed by atoms with E-state index < -0.39 is 0 Å². The molecule has 8 nitrogen and oxygen atoms in total. The Morgan fingerprint density at radius 1 is 0.871 bits per heavy atom. The number of fused-ring (bicyclic) bond motifs is 1. The fraction of sp³-hybridized carbons (Fsp3) is 0.136. The van der Waals surface area contributed by atoms with E-state index in [-0.39, 0.29) is 19.2 Å². The zero-order chi connectivity index (χ0) is 20.2. The van der Waals surface area contributed by atoms with Crippen LogP contribution in [0.1, 0.15) is 11.1 Å². The van der Waals surface area contributed by atoms with Gasteiger partial charge in [0.05, 0.1) is 5.69 Å². The van der Waals surface area contributed by atoms with Gasteiger partial charge in [-0.05, 0) is 58.0 Å². The predicted molar refractivity (Wildman–Crippen MR) is 109 cm³/mol. The second-order valence-electron chi connectivity index (χ2n) is 6.75. The van der Waals surface area contributed by atoms with Gasteiger partial charge in [0.1, 0.15) is 5.75 Å². The largest absolute Gasteiger partial charge is 1.00 e. The van der Waals surface area contributed by atoms with E-state index in [4.69, 9.17) is 14.2 Å². The normalized spacial score (nSPS) is 11.7. The Morgan fingerprint density at radius 3 is 2.55 bits per heavy atom. The van der Waals surface area contributed by atoms with E-state index in [2.05, 4.69) is 20.8 Å². The number of rotatable bonds is 7. The van der Waals surface area contributed by atoms with Crippen molar-refractivity contribution in [1.82, 2.24) is 25.5 Å². The number of para-hydroxylation sites is 1. The molecule has 0 atom stereocenters. The summed E-state index contributed by atoms with van der Waals surface area (Å²) in [7, 11) is 0. The molecule has 5 rings (SSSR count). The standard InChI is InChI=1S/C22H19N5O3.ClH/c1-2-6-18(7-3-1)27-22(24-25-26-27)30-19-8-4-5-16(11-19)13-23-14-17-9-10-20-21(12-17)29-15-28-20;/h1-12,23H,13-15H2;1H/p-1. The summed E-state index contributed by atoms with van der Waals surface area (Å²) in [5.41, 5.74) is 3.06. The van der Waals surface area contributed by atoms with E-state index in [0.29, 0.717) is 24.8 Å². The van der Waals surface area contributed by atoms with Crippen molar-refractivity contribution >= 4 is 0 Å². The Morgan fingerprint density at radius 2 is 1.68 bits per heavy atom. The Bertz CT molecular complexity index is 1150. The molecular formula is C22H19ClN5O3-. The number of aromatic nitrogens is 4.